The predicted octanol–water partition coefficient (Wildman–Crippen LogP) is 3.20. The molecule has 150 valence electrons. The van der Waals surface area contributed by atoms with Crippen molar-refractivity contribution in [2.45, 2.75) is 57.4 Å². The first-order valence-electron chi connectivity index (χ1n) is 9.60. The number of halogens is 1. The van der Waals surface area contributed by atoms with Gasteiger partial charge >= 0.3 is 0 Å². The molecule has 0 aromatic heterocycles. The molecule has 1 aromatic carbocycles. The molecule has 2 aliphatic rings. The van der Waals surface area contributed by atoms with Gasteiger partial charge in [0.2, 0.25) is 6.79 Å². The molecule has 0 spiro atoms. The molecule has 1 aliphatic carbocycles. The molecule has 1 heterocycles. The second-order valence-electron chi connectivity index (χ2n) is 6.81. The lowest BCUT2D eigenvalue weighted by Gasteiger charge is -2.30. The Morgan fingerprint density at radius 3 is 2.96 bits per heavy atom. The van der Waals surface area contributed by atoms with Gasteiger partial charge in [-0.25, -0.2) is 4.99 Å². The van der Waals surface area contributed by atoms with Crippen LogP contribution in [0.2, 0.25) is 5.02 Å². The van der Waals surface area contributed by atoms with Crippen LogP contribution in [0.4, 0.5) is 0 Å². The Bertz CT molecular complexity index is 714. The number of ether oxygens (including phenoxy) is 2. The number of hydrogen-bond acceptors (Lipinski definition) is 4. The Balaban J connectivity index is 1.64. The van der Waals surface area contributed by atoms with Gasteiger partial charge in [0.1, 0.15) is 0 Å². The largest absolute Gasteiger partial charge is 0.454 e. The van der Waals surface area contributed by atoms with E-state index in [-0.39, 0.29) is 12.0 Å². The van der Waals surface area contributed by atoms with Crippen molar-refractivity contribution in [1.29, 1.82) is 0 Å². The average molecular weight is 414 g/mol. The molecule has 2 N–H and O–H groups in total. The Kier molecular flexibility index (Phi) is 7.24. The quantitative estimate of drug-likeness (QED) is 0.553. The van der Waals surface area contributed by atoms with Crippen molar-refractivity contribution in [1.82, 2.24) is 10.6 Å². The zero-order valence-corrected chi connectivity index (χ0v) is 17.5. The standard InChI is InChI=1S/C19H28ClN3O3S/c1-3-21-19(23-14-6-5-7-15(10-14)27(24)4-2)22-11-13-8-16(20)18-17(9-13)25-12-26-18/h8-9,14-15H,3-7,10-12H2,1-2H3,(H2,21,22,23). The number of nitrogens with zero attached hydrogens (tertiary/aromatic N) is 1. The van der Waals surface area contributed by atoms with E-state index in [1.807, 2.05) is 26.0 Å². The molecule has 3 rings (SSSR count). The van der Waals surface area contributed by atoms with E-state index in [1.165, 1.54) is 0 Å². The summed E-state index contributed by atoms with van der Waals surface area (Å²) in [5.41, 5.74) is 0.968. The van der Waals surface area contributed by atoms with Gasteiger partial charge in [-0.1, -0.05) is 24.9 Å². The number of fused-ring (bicyclic) bond motifs is 1. The lowest BCUT2D eigenvalue weighted by atomic mass is 9.95. The van der Waals surface area contributed by atoms with Gasteiger partial charge in [0.15, 0.2) is 17.5 Å². The molecule has 6 nitrogen and oxygen atoms in total. The molecule has 0 saturated heterocycles. The SMILES string of the molecule is CCNC(=NCc1cc(Cl)c2c(c1)OCO2)NC1CCCC(S(=O)CC)C1. The van der Waals surface area contributed by atoms with Gasteiger partial charge in [0, 0.05) is 34.4 Å². The van der Waals surface area contributed by atoms with E-state index in [1.54, 1.807) is 0 Å². The fourth-order valence-corrected chi connectivity index (χ4v) is 5.18. The summed E-state index contributed by atoms with van der Waals surface area (Å²) in [6, 6.07) is 4.09. The molecule has 1 aliphatic heterocycles. The summed E-state index contributed by atoms with van der Waals surface area (Å²) in [7, 11) is -0.730. The van der Waals surface area contributed by atoms with Crippen molar-refractivity contribution in [2.75, 3.05) is 19.1 Å². The fraction of sp³-hybridized carbons (Fsp3) is 0.632. The summed E-state index contributed by atoms with van der Waals surface area (Å²) in [5, 5.41) is 7.65. The molecule has 27 heavy (non-hydrogen) atoms. The van der Waals surface area contributed by atoms with Crippen LogP contribution in [0.1, 0.15) is 45.1 Å². The Morgan fingerprint density at radius 1 is 1.33 bits per heavy atom. The molecule has 0 bridgehead atoms. The number of rotatable bonds is 6. The number of nitrogens with one attached hydrogen (secondary N) is 2. The molecule has 1 aromatic rings. The van der Waals surface area contributed by atoms with Crippen molar-refractivity contribution >= 4 is 28.4 Å². The van der Waals surface area contributed by atoms with E-state index in [9.17, 15) is 4.21 Å². The lowest BCUT2D eigenvalue weighted by molar-refractivity contribution is 0.174. The van der Waals surface area contributed by atoms with E-state index in [4.69, 9.17) is 26.1 Å². The van der Waals surface area contributed by atoms with Gasteiger partial charge < -0.3 is 20.1 Å². The molecule has 8 heteroatoms. The maximum Gasteiger partial charge on any atom is 0.231 e. The number of aliphatic imine (C=N–C) groups is 1. The van der Waals surface area contributed by atoms with Gasteiger partial charge in [0.25, 0.3) is 0 Å². The minimum absolute atomic E-state index is 0.202. The summed E-state index contributed by atoms with van der Waals surface area (Å²) in [4.78, 5) is 4.70. The van der Waals surface area contributed by atoms with Gasteiger partial charge in [0.05, 0.1) is 11.6 Å². The molecule has 1 saturated carbocycles. The highest BCUT2D eigenvalue weighted by atomic mass is 35.5. The van der Waals surface area contributed by atoms with Gasteiger partial charge in [-0.2, -0.15) is 0 Å². The lowest BCUT2D eigenvalue weighted by Crippen LogP contribution is -2.46. The first-order valence-corrected chi connectivity index (χ1v) is 11.4. The summed E-state index contributed by atoms with van der Waals surface area (Å²) in [5.74, 6) is 2.78. The van der Waals surface area contributed by atoms with Crippen molar-refractivity contribution in [3.8, 4) is 11.5 Å². The maximum atomic E-state index is 12.2. The van der Waals surface area contributed by atoms with E-state index in [0.29, 0.717) is 29.1 Å². The molecule has 0 amide bonds. The second kappa shape index (κ2) is 9.64. The normalized spacial score (nSPS) is 23.1. The van der Waals surface area contributed by atoms with Crippen LogP contribution in [0.3, 0.4) is 0 Å². The minimum atomic E-state index is -0.730. The van der Waals surface area contributed by atoms with Gasteiger partial charge in [-0.05, 0) is 43.9 Å². The molecular formula is C19H28ClN3O3S. The molecule has 3 unspecified atom stereocenters. The predicted molar refractivity (Wildman–Crippen MR) is 110 cm³/mol. The first kappa shape index (κ1) is 20.3. The third-order valence-electron chi connectivity index (χ3n) is 4.87. The minimum Gasteiger partial charge on any atom is -0.454 e. The Hall–Kier alpha value is -1.47. The number of benzene rings is 1. The van der Waals surface area contributed by atoms with E-state index >= 15 is 0 Å². The third kappa shape index (κ3) is 5.29. The second-order valence-corrected chi connectivity index (χ2v) is 9.22. The van der Waals surface area contributed by atoms with Crippen LogP contribution in [0.15, 0.2) is 17.1 Å². The highest BCUT2D eigenvalue weighted by molar-refractivity contribution is 7.85. The van der Waals surface area contributed by atoms with Gasteiger partial charge in [-0.3, -0.25) is 4.21 Å². The molecular weight excluding hydrogens is 386 g/mol. The Labute approximate surface area is 168 Å². The third-order valence-corrected chi connectivity index (χ3v) is 6.90. The van der Waals surface area contributed by atoms with Crippen LogP contribution < -0.4 is 20.1 Å². The molecule has 1 fully saturated rings. The van der Waals surface area contributed by atoms with Crippen molar-refractivity contribution < 1.29 is 13.7 Å². The summed E-state index contributed by atoms with van der Waals surface area (Å²) >= 11 is 6.25. The van der Waals surface area contributed by atoms with E-state index in [0.717, 1.165) is 49.5 Å². The first-order chi connectivity index (χ1) is 13.1. The van der Waals surface area contributed by atoms with E-state index in [2.05, 4.69) is 10.6 Å². The molecule has 0 radical (unpaired) electrons. The highest BCUT2D eigenvalue weighted by Crippen LogP contribution is 2.39. The van der Waals surface area contributed by atoms with E-state index < -0.39 is 10.8 Å². The summed E-state index contributed by atoms with van der Waals surface area (Å²) < 4.78 is 22.9. The van der Waals surface area contributed by atoms with Crippen LogP contribution in [-0.4, -0.2) is 40.6 Å². The van der Waals surface area contributed by atoms with Crippen LogP contribution in [0.25, 0.3) is 0 Å². The monoisotopic (exact) mass is 413 g/mol. The fourth-order valence-electron chi connectivity index (χ4n) is 3.55. The van der Waals surface area contributed by atoms with Crippen LogP contribution >= 0.6 is 11.6 Å². The average Bonchev–Trinajstić information content (AvgIpc) is 3.15. The van der Waals surface area contributed by atoms with Gasteiger partial charge in [-0.15, -0.1) is 0 Å². The number of guanidine groups is 1. The number of hydrogen-bond donors (Lipinski definition) is 2. The Morgan fingerprint density at radius 2 is 2.19 bits per heavy atom. The van der Waals surface area contributed by atoms with Crippen LogP contribution in [0.5, 0.6) is 11.5 Å². The van der Waals surface area contributed by atoms with Crippen LogP contribution in [-0.2, 0) is 17.3 Å². The zero-order chi connectivity index (χ0) is 19.2. The smallest absolute Gasteiger partial charge is 0.231 e. The highest BCUT2D eigenvalue weighted by Gasteiger charge is 2.26. The van der Waals surface area contributed by atoms with Crippen molar-refractivity contribution in [3.63, 3.8) is 0 Å². The van der Waals surface area contributed by atoms with Crippen LogP contribution in [0, 0.1) is 0 Å². The van der Waals surface area contributed by atoms with Crippen molar-refractivity contribution in [2.24, 2.45) is 4.99 Å². The topological polar surface area (TPSA) is 72.0 Å². The summed E-state index contributed by atoms with van der Waals surface area (Å²) in [6.07, 6.45) is 4.17. The van der Waals surface area contributed by atoms with Crippen molar-refractivity contribution in [3.05, 3.63) is 22.7 Å². The summed E-state index contributed by atoms with van der Waals surface area (Å²) in [6.45, 7) is 5.51. The zero-order valence-electron chi connectivity index (χ0n) is 15.9. The molecule has 3 atom stereocenters. The maximum absolute atomic E-state index is 12.2.